The van der Waals surface area contributed by atoms with Crippen LogP contribution in [0.1, 0.15) is 65.2 Å². The van der Waals surface area contributed by atoms with Gasteiger partial charge in [-0.3, -0.25) is 9.20 Å². The number of nitrogens with zero attached hydrogens (tertiary/aromatic N) is 6. The maximum atomic E-state index is 14.0. The first-order valence-electron chi connectivity index (χ1n) is 14.3. The fourth-order valence-corrected chi connectivity index (χ4v) is 8.02. The number of aryl methyl sites for hydroxylation is 2. The van der Waals surface area contributed by atoms with E-state index in [0.29, 0.717) is 28.1 Å². The third kappa shape index (κ3) is 5.30. The van der Waals surface area contributed by atoms with Crippen molar-refractivity contribution in [2.24, 2.45) is 0 Å². The Morgan fingerprint density at radius 3 is 2.68 bits per heavy atom. The van der Waals surface area contributed by atoms with E-state index in [4.69, 9.17) is 0 Å². The van der Waals surface area contributed by atoms with Crippen molar-refractivity contribution in [3.05, 3.63) is 82.4 Å². The van der Waals surface area contributed by atoms with Gasteiger partial charge in [0.05, 0.1) is 6.42 Å². The van der Waals surface area contributed by atoms with Crippen molar-refractivity contribution in [3.8, 4) is 0 Å². The molecule has 5 heterocycles. The van der Waals surface area contributed by atoms with Crippen LogP contribution in [-0.2, 0) is 27.5 Å². The van der Waals surface area contributed by atoms with Crippen LogP contribution in [0.5, 0.6) is 0 Å². The molecule has 0 aliphatic carbocycles. The average Bonchev–Trinajstić information content (AvgIpc) is 3.40. The summed E-state index contributed by atoms with van der Waals surface area (Å²) >= 11 is 0. The molecule has 3 aromatic heterocycles. The summed E-state index contributed by atoms with van der Waals surface area (Å²) in [6, 6.07) is 10.0. The Morgan fingerprint density at radius 1 is 1.14 bits per heavy atom. The van der Waals surface area contributed by atoms with Gasteiger partial charge in [0, 0.05) is 44.0 Å². The van der Waals surface area contributed by atoms with E-state index in [2.05, 4.69) is 20.1 Å². The Hall–Kier alpha value is -4.04. The standard InChI is InChI=1S/C30H31F3N6O4S/c1-18-8-9-20(24(15-26(40)41)23-10-13-39-27(19(23)2)35-36-29(39)30(31,32)33)14-21(18)16-37-17-22-6-3-4-12-38(22)28-25(44(37,42)43)7-5-11-34-28/h5,7-11,13-14,22,24H,3-4,6,12,15-17H2,1-2H3,(H,40,41)/t22-,24?/m1/s1. The van der Waals surface area contributed by atoms with E-state index in [1.165, 1.54) is 16.6 Å². The monoisotopic (exact) mass is 628 g/mol. The minimum absolute atomic E-state index is 0.0162. The van der Waals surface area contributed by atoms with E-state index in [1.807, 2.05) is 13.0 Å². The Bertz CT molecular complexity index is 1860. The van der Waals surface area contributed by atoms with Gasteiger partial charge in [0.2, 0.25) is 15.8 Å². The molecule has 2 aliphatic rings. The number of hydrogen-bond acceptors (Lipinski definition) is 7. The lowest BCUT2D eigenvalue weighted by atomic mass is 9.85. The van der Waals surface area contributed by atoms with Crippen molar-refractivity contribution in [1.29, 1.82) is 0 Å². The van der Waals surface area contributed by atoms with Crippen LogP contribution >= 0.6 is 0 Å². The van der Waals surface area contributed by atoms with Gasteiger partial charge < -0.3 is 10.0 Å². The molecule has 2 atom stereocenters. The van der Waals surface area contributed by atoms with Crippen LogP contribution in [0.2, 0.25) is 0 Å². The van der Waals surface area contributed by atoms with Crippen LogP contribution in [0, 0.1) is 13.8 Å². The fraction of sp³-hybridized carbons (Fsp3) is 0.400. The molecule has 2 aliphatic heterocycles. The molecule has 10 nitrogen and oxygen atoms in total. The van der Waals surface area contributed by atoms with Crippen molar-refractivity contribution < 1.29 is 31.5 Å². The van der Waals surface area contributed by atoms with Crippen LogP contribution in [0.4, 0.5) is 19.0 Å². The Balaban J connectivity index is 1.40. The van der Waals surface area contributed by atoms with E-state index in [1.54, 1.807) is 37.4 Å². The number of carbonyl (C=O) groups is 1. The van der Waals surface area contributed by atoms with E-state index in [9.17, 15) is 31.5 Å². The van der Waals surface area contributed by atoms with E-state index in [0.717, 1.165) is 35.8 Å². The van der Waals surface area contributed by atoms with Crippen LogP contribution in [0.15, 0.2) is 53.7 Å². The van der Waals surface area contributed by atoms with Gasteiger partial charge in [0.25, 0.3) is 0 Å². The number of alkyl halides is 3. The van der Waals surface area contributed by atoms with Crippen LogP contribution in [0.25, 0.3) is 5.65 Å². The molecule has 0 saturated carbocycles. The lowest BCUT2D eigenvalue weighted by Gasteiger charge is -2.36. The first kappa shape index (κ1) is 30.0. The first-order valence-corrected chi connectivity index (χ1v) is 15.7. The smallest absolute Gasteiger partial charge is 0.452 e. The van der Waals surface area contributed by atoms with Gasteiger partial charge in [0.1, 0.15) is 10.7 Å². The molecule has 0 spiro atoms. The maximum absolute atomic E-state index is 14.0. The zero-order valence-electron chi connectivity index (χ0n) is 24.1. The van der Waals surface area contributed by atoms with E-state index >= 15 is 0 Å². The zero-order valence-corrected chi connectivity index (χ0v) is 24.9. The number of aromatic nitrogens is 4. The third-order valence-electron chi connectivity index (χ3n) is 8.68. The number of piperidine rings is 1. The highest BCUT2D eigenvalue weighted by molar-refractivity contribution is 7.89. The van der Waals surface area contributed by atoms with Crippen molar-refractivity contribution in [2.75, 3.05) is 18.0 Å². The normalized spacial score (nSPS) is 19.3. The number of fused-ring (bicyclic) bond motifs is 4. The molecule has 0 bridgehead atoms. The quantitative estimate of drug-likeness (QED) is 0.319. The number of halogens is 3. The second-order valence-corrected chi connectivity index (χ2v) is 13.3. The molecule has 1 saturated heterocycles. The molecule has 1 unspecified atom stereocenters. The van der Waals surface area contributed by atoms with Crippen molar-refractivity contribution in [1.82, 2.24) is 23.9 Å². The largest absolute Gasteiger partial charge is 0.481 e. The SMILES string of the molecule is Cc1ccc(C(CC(=O)O)c2ccn3c(C(F)(F)F)nnc3c2C)cc1CN1C[C@H]2CCCCN2c2ncccc2S1(=O)=O. The van der Waals surface area contributed by atoms with Gasteiger partial charge in [-0.05, 0) is 79.1 Å². The Morgan fingerprint density at radius 2 is 1.93 bits per heavy atom. The summed E-state index contributed by atoms with van der Waals surface area (Å²) in [4.78, 5) is 18.7. The Kier molecular flexibility index (Phi) is 7.60. The summed E-state index contributed by atoms with van der Waals surface area (Å²) in [6.07, 6.45) is 0.544. The van der Waals surface area contributed by atoms with Gasteiger partial charge in [0.15, 0.2) is 5.65 Å². The molecule has 6 rings (SSSR count). The number of pyridine rings is 2. The average molecular weight is 629 g/mol. The lowest BCUT2D eigenvalue weighted by molar-refractivity contribution is -0.145. The maximum Gasteiger partial charge on any atom is 0.452 e. The third-order valence-corrected chi connectivity index (χ3v) is 10.5. The van der Waals surface area contributed by atoms with Crippen LogP contribution in [0.3, 0.4) is 0 Å². The molecular formula is C30H31F3N6O4S. The number of aliphatic carboxylic acids is 1. The molecule has 1 aromatic carbocycles. The van der Waals surface area contributed by atoms with E-state index < -0.39 is 33.9 Å². The fourth-order valence-electron chi connectivity index (χ4n) is 6.41. The topological polar surface area (TPSA) is 121 Å². The molecule has 0 amide bonds. The molecule has 44 heavy (non-hydrogen) atoms. The Labute approximate surface area is 252 Å². The highest BCUT2D eigenvalue weighted by Crippen LogP contribution is 2.38. The number of carboxylic acids is 1. The minimum atomic E-state index is -4.71. The number of carboxylic acid groups (broad SMARTS) is 1. The highest BCUT2D eigenvalue weighted by atomic mass is 32.2. The van der Waals surface area contributed by atoms with Gasteiger partial charge in [-0.2, -0.15) is 17.5 Å². The van der Waals surface area contributed by atoms with Gasteiger partial charge >= 0.3 is 12.1 Å². The second-order valence-electron chi connectivity index (χ2n) is 11.4. The van der Waals surface area contributed by atoms with Gasteiger partial charge in [-0.25, -0.2) is 13.4 Å². The summed E-state index contributed by atoms with van der Waals surface area (Å²) in [5.41, 5.74) is 2.99. The molecule has 0 radical (unpaired) electrons. The number of rotatable bonds is 6. The number of anilines is 1. The molecule has 1 N–H and O–H groups in total. The van der Waals surface area contributed by atoms with Crippen LogP contribution in [-0.4, -0.2) is 62.5 Å². The lowest BCUT2D eigenvalue weighted by Crippen LogP contribution is -2.45. The zero-order chi connectivity index (χ0) is 31.4. The molecule has 14 heteroatoms. The predicted octanol–water partition coefficient (Wildman–Crippen LogP) is 4.93. The summed E-state index contributed by atoms with van der Waals surface area (Å²) in [5.74, 6) is -2.52. The first-order chi connectivity index (χ1) is 20.9. The van der Waals surface area contributed by atoms with Crippen molar-refractivity contribution in [3.63, 3.8) is 0 Å². The van der Waals surface area contributed by atoms with Gasteiger partial charge in [-0.1, -0.05) is 18.2 Å². The molecule has 1 fully saturated rings. The minimum Gasteiger partial charge on any atom is -0.481 e. The highest BCUT2D eigenvalue weighted by Gasteiger charge is 2.40. The molecule has 232 valence electrons. The number of sulfonamides is 1. The molecular weight excluding hydrogens is 597 g/mol. The van der Waals surface area contributed by atoms with E-state index in [-0.39, 0.29) is 36.1 Å². The summed E-state index contributed by atoms with van der Waals surface area (Å²) in [5, 5.41) is 16.9. The van der Waals surface area contributed by atoms with Crippen LogP contribution < -0.4 is 4.90 Å². The predicted molar refractivity (Wildman–Crippen MR) is 155 cm³/mol. The number of benzene rings is 1. The second kappa shape index (κ2) is 11.1. The van der Waals surface area contributed by atoms with Crippen molar-refractivity contribution >= 4 is 27.5 Å². The van der Waals surface area contributed by atoms with Gasteiger partial charge in [-0.15, -0.1) is 10.2 Å². The summed E-state index contributed by atoms with van der Waals surface area (Å²) < 4.78 is 70.7. The van der Waals surface area contributed by atoms with Crippen molar-refractivity contribution in [2.45, 2.75) is 69.1 Å². The molecule has 4 aromatic rings. The number of hydrogen-bond donors (Lipinski definition) is 1. The summed E-state index contributed by atoms with van der Waals surface area (Å²) in [7, 11) is -3.91. The summed E-state index contributed by atoms with van der Waals surface area (Å²) in [6.45, 7) is 4.53.